The minimum Gasteiger partial charge on any atom is -0.342 e. The molecule has 0 N–H and O–H groups in total. The average molecular weight is 323 g/mol. The van der Waals surface area contributed by atoms with Crippen LogP contribution in [0.5, 0.6) is 0 Å². The van der Waals surface area contributed by atoms with Gasteiger partial charge in [-0.15, -0.1) is 6.42 Å². The summed E-state index contributed by atoms with van der Waals surface area (Å²) in [7, 11) is 0. The smallest absolute Gasteiger partial charge is 0.271 e. The lowest BCUT2D eigenvalue weighted by molar-refractivity contribution is 0.0759. The van der Waals surface area contributed by atoms with E-state index < -0.39 is 0 Å². The monoisotopic (exact) mass is 322 g/mol. The fourth-order valence-corrected chi connectivity index (χ4v) is 2.65. The van der Waals surface area contributed by atoms with E-state index in [9.17, 15) is 4.79 Å². The van der Waals surface area contributed by atoms with Crippen molar-refractivity contribution in [2.45, 2.75) is 32.7 Å². The Morgan fingerprint density at radius 3 is 2.95 bits per heavy atom. The third-order valence-corrected chi connectivity index (χ3v) is 3.73. The number of aryl methyl sites for hydroxylation is 1. The molecular formula is C15H19BrN2O. The predicted octanol–water partition coefficient (Wildman–Crippen LogP) is 3.15. The molecular weight excluding hydrogens is 304 g/mol. The summed E-state index contributed by atoms with van der Waals surface area (Å²) in [5.41, 5.74) is 0.727. The van der Waals surface area contributed by atoms with Crippen molar-refractivity contribution in [3.05, 3.63) is 22.4 Å². The molecule has 1 heterocycles. The van der Waals surface area contributed by atoms with Crippen LogP contribution in [0.15, 0.2) is 16.7 Å². The largest absolute Gasteiger partial charge is 0.342 e. The summed E-state index contributed by atoms with van der Waals surface area (Å²) in [5, 5.41) is 0. The maximum atomic E-state index is 12.6. The molecule has 0 unspecified atom stereocenters. The highest BCUT2D eigenvalue weighted by atomic mass is 79.9. The second-order valence-electron chi connectivity index (χ2n) is 5.07. The van der Waals surface area contributed by atoms with Gasteiger partial charge in [0, 0.05) is 23.8 Å². The summed E-state index contributed by atoms with van der Waals surface area (Å²) in [6, 6.07) is 1.88. The van der Waals surface area contributed by atoms with E-state index in [0.717, 1.165) is 29.7 Å². The topological polar surface area (TPSA) is 25.2 Å². The molecule has 1 saturated carbocycles. The van der Waals surface area contributed by atoms with Gasteiger partial charge in [0.05, 0.1) is 6.54 Å². The number of rotatable bonds is 6. The standard InChI is InChI=1S/C15H19BrN2O/c1-3-7-17-11-13(16)9-14(17)15(19)18(8-4-2)10-12-5-6-12/h2,9,11-12H,3,5-8,10H2,1H3. The van der Waals surface area contributed by atoms with Gasteiger partial charge in [-0.1, -0.05) is 12.8 Å². The van der Waals surface area contributed by atoms with Gasteiger partial charge in [-0.2, -0.15) is 0 Å². The van der Waals surface area contributed by atoms with E-state index in [1.165, 1.54) is 12.8 Å². The van der Waals surface area contributed by atoms with Crippen LogP contribution in [0.2, 0.25) is 0 Å². The lowest BCUT2D eigenvalue weighted by Crippen LogP contribution is -2.34. The van der Waals surface area contributed by atoms with E-state index in [0.29, 0.717) is 12.5 Å². The average Bonchev–Trinajstić information content (AvgIpc) is 3.11. The molecule has 0 saturated heterocycles. The van der Waals surface area contributed by atoms with Gasteiger partial charge in [-0.25, -0.2) is 0 Å². The van der Waals surface area contributed by atoms with Gasteiger partial charge < -0.3 is 9.47 Å². The van der Waals surface area contributed by atoms with Gasteiger partial charge in [-0.3, -0.25) is 4.79 Å². The quantitative estimate of drug-likeness (QED) is 0.738. The molecule has 102 valence electrons. The van der Waals surface area contributed by atoms with Crippen molar-refractivity contribution < 1.29 is 4.79 Å². The third-order valence-electron chi connectivity index (χ3n) is 3.29. The maximum absolute atomic E-state index is 12.6. The molecule has 0 aliphatic heterocycles. The summed E-state index contributed by atoms with van der Waals surface area (Å²) in [4.78, 5) is 14.4. The van der Waals surface area contributed by atoms with Crippen molar-refractivity contribution >= 4 is 21.8 Å². The van der Waals surface area contributed by atoms with Crippen LogP contribution in [0.1, 0.15) is 36.7 Å². The first kappa shape index (κ1) is 14.2. The van der Waals surface area contributed by atoms with Crippen LogP contribution in [0, 0.1) is 18.3 Å². The molecule has 1 fully saturated rings. The molecule has 1 aliphatic carbocycles. The van der Waals surface area contributed by atoms with Crippen molar-refractivity contribution in [2.24, 2.45) is 5.92 Å². The summed E-state index contributed by atoms with van der Waals surface area (Å²) >= 11 is 3.44. The van der Waals surface area contributed by atoms with Crippen molar-refractivity contribution in [3.8, 4) is 12.3 Å². The molecule has 0 aromatic carbocycles. The van der Waals surface area contributed by atoms with Crippen molar-refractivity contribution in [1.82, 2.24) is 9.47 Å². The first-order valence-electron chi connectivity index (χ1n) is 6.74. The molecule has 0 atom stereocenters. The van der Waals surface area contributed by atoms with E-state index >= 15 is 0 Å². The molecule has 1 aliphatic rings. The van der Waals surface area contributed by atoms with Crippen molar-refractivity contribution in [1.29, 1.82) is 0 Å². The van der Waals surface area contributed by atoms with Gasteiger partial charge in [0.1, 0.15) is 5.69 Å². The first-order valence-corrected chi connectivity index (χ1v) is 7.53. The Labute approximate surface area is 123 Å². The number of nitrogens with zero attached hydrogens (tertiary/aromatic N) is 2. The molecule has 0 spiro atoms. The Balaban J connectivity index is 2.17. The highest BCUT2D eigenvalue weighted by Gasteiger charge is 2.28. The van der Waals surface area contributed by atoms with Gasteiger partial charge in [0.15, 0.2) is 0 Å². The fourth-order valence-electron chi connectivity index (χ4n) is 2.18. The Hall–Kier alpha value is -1.21. The fraction of sp³-hybridized carbons (Fsp3) is 0.533. The zero-order valence-corrected chi connectivity index (χ0v) is 12.8. The second-order valence-corrected chi connectivity index (χ2v) is 5.99. The number of amides is 1. The van der Waals surface area contributed by atoms with Gasteiger partial charge in [0.2, 0.25) is 0 Å². The maximum Gasteiger partial charge on any atom is 0.271 e. The molecule has 2 rings (SSSR count). The number of carbonyl (C=O) groups excluding carboxylic acids is 1. The predicted molar refractivity (Wildman–Crippen MR) is 79.9 cm³/mol. The van der Waals surface area contributed by atoms with E-state index in [4.69, 9.17) is 6.42 Å². The Bertz CT molecular complexity index is 497. The van der Waals surface area contributed by atoms with Crippen LogP contribution < -0.4 is 0 Å². The molecule has 1 aromatic heterocycles. The molecule has 0 bridgehead atoms. The lowest BCUT2D eigenvalue weighted by atomic mass is 10.3. The molecule has 1 amide bonds. The third kappa shape index (κ3) is 3.63. The van der Waals surface area contributed by atoms with Gasteiger partial charge >= 0.3 is 0 Å². The number of carbonyl (C=O) groups is 1. The molecule has 0 radical (unpaired) electrons. The highest BCUT2D eigenvalue weighted by Crippen LogP contribution is 2.30. The number of aromatic nitrogens is 1. The van der Waals surface area contributed by atoms with Crippen LogP contribution >= 0.6 is 15.9 Å². The van der Waals surface area contributed by atoms with E-state index in [-0.39, 0.29) is 5.91 Å². The zero-order chi connectivity index (χ0) is 13.8. The van der Waals surface area contributed by atoms with Crippen molar-refractivity contribution in [3.63, 3.8) is 0 Å². The van der Waals surface area contributed by atoms with E-state index in [1.54, 1.807) is 4.90 Å². The minimum absolute atomic E-state index is 0.0454. The summed E-state index contributed by atoms with van der Waals surface area (Å²) in [6.45, 7) is 4.13. The number of hydrogen-bond acceptors (Lipinski definition) is 1. The number of halogens is 1. The number of terminal acetylenes is 1. The molecule has 4 heteroatoms. The van der Waals surface area contributed by atoms with Gasteiger partial charge in [0.25, 0.3) is 5.91 Å². The summed E-state index contributed by atoms with van der Waals surface area (Å²) in [5.74, 6) is 3.29. The van der Waals surface area contributed by atoms with Crippen LogP contribution in [0.25, 0.3) is 0 Å². The Morgan fingerprint density at radius 1 is 1.63 bits per heavy atom. The Morgan fingerprint density at radius 2 is 2.37 bits per heavy atom. The zero-order valence-electron chi connectivity index (χ0n) is 11.2. The molecule has 1 aromatic rings. The van der Waals surface area contributed by atoms with E-state index in [1.807, 2.05) is 16.8 Å². The highest BCUT2D eigenvalue weighted by molar-refractivity contribution is 9.10. The lowest BCUT2D eigenvalue weighted by Gasteiger charge is -2.20. The SMILES string of the molecule is C#CCN(CC1CC1)C(=O)c1cc(Br)cn1CCC. The summed E-state index contributed by atoms with van der Waals surface area (Å²) in [6.07, 6.45) is 10.8. The van der Waals surface area contributed by atoms with Crippen LogP contribution in [-0.4, -0.2) is 28.5 Å². The first-order chi connectivity index (χ1) is 9.15. The molecule has 19 heavy (non-hydrogen) atoms. The van der Waals surface area contributed by atoms with E-state index in [2.05, 4.69) is 28.8 Å². The van der Waals surface area contributed by atoms with Crippen molar-refractivity contribution in [2.75, 3.05) is 13.1 Å². The second kappa shape index (κ2) is 6.29. The number of hydrogen-bond donors (Lipinski definition) is 0. The van der Waals surface area contributed by atoms with Crippen LogP contribution in [-0.2, 0) is 6.54 Å². The minimum atomic E-state index is 0.0454. The molecule has 3 nitrogen and oxygen atoms in total. The summed E-state index contributed by atoms with van der Waals surface area (Å²) < 4.78 is 2.94. The van der Waals surface area contributed by atoms with Crippen LogP contribution in [0.3, 0.4) is 0 Å². The normalized spacial score (nSPS) is 14.2. The van der Waals surface area contributed by atoms with Gasteiger partial charge in [-0.05, 0) is 47.2 Å². The van der Waals surface area contributed by atoms with Crippen LogP contribution in [0.4, 0.5) is 0 Å². The Kier molecular flexibility index (Phi) is 4.71.